The summed E-state index contributed by atoms with van der Waals surface area (Å²) in [6.07, 6.45) is 5.68. The fourth-order valence-electron chi connectivity index (χ4n) is 3.22. The molecule has 0 amide bonds. The van der Waals surface area contributed by atoms with E-state index in [-0.39, 0.29) is 0 Å². The molecule has 0 radical (unpaired) electrons. The molecule has 2 heteroatoms. The Bertz CT molecular complexity index is 386. The number of piperidine rings is 1. The summed E-state index contributed by atoms with van der Waals surface area (Å²) in [5, 5.41) is 0. The summed E-state index contributed by atoms with van der Waals surface area (Å²) in [7, 11) is 2.29. The Kier molecular flexibility index (Phi) is 4.19. The van der Waals surface area contributed by atoms with E-state index in [1.54, 1.807) is 0 Å². The highest BCUT2D eigenvalue weighted by Gasteiger charge is 2.28. The summed E-state index contributed by atoms with van der Waals surface area (Å²) in [6.45, 7) is 5.05. The van der Waals surface area contributed by atoms with Crippen LogP contribution in [0.5, 0.6) is 0 Å². The molecule has 1 heterocycles. The van der Waals surface area contributed by atoms with Gasteiger partial charge in [-0.05, 0) is 50.8 Å². The van der Waals surface area contributed by atoms with E-state index in [4.69, 9.17) is 0 Å². The zero-order chi connectivity index (χ0) is 13.1. The van der Waals surface area contributed by atoms with Crippen LogP contribution in [-0.2, 0) is 6.54 Å². The number of nitrogens with zero attached hydrogens (tertiary/aromatic N) is 2. The van der Waals surface area contributed by atoms with Gasteiger partial charge in [-0.25, -0.2) is 0 Å². The summed E-state index contributed by atoms with van der Waals surface area (Å²) in [6, 6.07) is 11.6. The molecule has 1 aliphatic heterocycles. The Morgan fingerprint density at radius 1 is 1.16 bits per heavy atom. The number of hydrogen-bond donors (Lipinski definition) is 0. The maximum atomic E-state index is 2.70. The van der Waals surface area contributed by atoms with Crippen molar-refractivity contribution in [3.05, 3.63) is 35.9 Å². The Morgan fingerprint density at radius 3 is 2.68 bits per heavy atom. The van der Waals surface area contributed by atoms with Gasteiger partial charge in [0.15, 0.2) is 0 Å². The second-order valence-electron chi connectivity index (χ2n) is 6.40. The summed E-state index contributed by atoms with van der Waals surface area (Å²) in [5.74, 6) is 1.03. The van der Waals surface area contributed by atoms with Crippen LogP contribution >= 0.6 is 0 Å². The predicted octanol–water partition coefficient (Wildman–Crippen LogP) is 2.99. The maximum Gasteiger partial charge on any atom is 0.0234 e. The molecule has 1 aromatic rings. The molecule has 2 fully saturated rings. The summed E-state index contributed by atoms with van der Waals surface area (Å²) in [4.78, 5) is 5.25. The van der Waals surface area contributed by atoms with E-state index < -0.39 is 0 Å². The average molecular weight is 258 g/mol. The van der Waals surface area contributed by atoms with Crippen molar-refractivity contribution in [2.75, 3.05) is 26.7 Å². The molecule has 1 saturated heterocycles. The second kappa shape index (κ2) is 6.06. The molecule has 1 saturated carbocycles. The molecule has 2 aliphatic rings. The molecule has 19 heavy (non-hydrogen) atoms. The van der Waals surface area contributed by atoms with Gasteiger partial charge in [0.05, 0.1) is 0 Å². The van der Waals surface area contributed by atoms with Crippen molar-refractivity contribution in [1.82, 2.24) is 9.80 Å². The van der Waals surface area contributed by atoms with E-state index in [2.05, 4.69) is 47.2 Å². The van der Waals surface area contributed by atoms with Gasteiger partial charge in [-0.15, -0.1) is 0 Å². The van der Waals surface area contributed by atoms with Gasteiger partial charge in [0, 0.05) is 25.7 Å². The number of likely N-dealkylation sites (N-methyl/N-ethyl adjacent to an activating group) is 1. The van der Waals surface area contributed by atoms with Gasteiger partial charge in [0.2, 0.25) is 0 Å². The fourth-order valence-corrected chi connectivity index (χ4v) is 3.22. The third kappa shape index (κ3) is 3.80. The van der Waals surface area contributed by atoms with Crippen LogP contribution in [0.2, 0.25) is 0 Å². The Labute approximate surface area is 117 Å². The molecule has 1 atom stereocenters. The van der Waals surface area contributed by atoms with Crippen LogP contribution in [0.3, 0.4) is 0 Å². The van der Waals surface area contributed by atoms with Crippen LogP contribution in [-0.4, -0.2) is 42.5 Å². The quantitative estimate of drug-likeness (QED) is 0.801. The van der Waals surface area contributed by atoms with E-state index >= 15 is 0 Å². The van der Waals surface area contributed by atoms with E-state index in [0.29, 0.717) is 0 Å². The van der Waals surface area contributed by atoms with Gasteiger partial charge < -0.3 is 4.90 Å². The molecule has 1 aliphatic carbocycles. The number of likely N-dealkylation sites (tertiary alicyclic amines) is 1. The van der Waals surface area contributed by atoms with Gasteiger partial charge in [-0.3, -0.25) is 4.90 Å². The third-order valence-electron chi connectivity index (χ3n) is 4.59. The van der Waals surface area contributed by atoms with Crippen LogP contribution in [0.25, 0.3) is 0 Å². The van der Waals surface area contributed by atoms with Crippen LogP contribution in [0.4, 0.5) is 0 Å². The summed E-state index contributed by atoms with van der Waals surface area (Å²) in [5.41, 5.74) is 1.43. The molecule has 0 N–H and O–H groups in total. The molecule has 1 unspecified atom stereocenters. The highest BCUT2D eigenvalue weighted by molar-refractivity contribution is 5.14. The first-order valence-electron chi connectivity index (χ1n) is 7.78. The second-order valence-corrected chi connectivity index (χ2v) is 6.40. The van der Waals surface area contributed by atoms with Crippen molar-refractivity contribution >= 4 is 0 Å². The predicted molar refractivity (Wildman–Crippen MR) is 80.1 cm³/mol. The van der Waals surface area contributed by atoms with Gasteiger partial charge in [0.1, 0.15) is 0 Å². The summed E-state index contributed by atoms with van der Waals surface area (Å²) >= 11 is 0. The molecule has 1 aromatic carbocycles. The number of benzene rings is 1. The normalized spacial score (nSPS) is 24.8. The molecule has 0 aromatic heterocycles. The van der Waals surface area contributed by atoms with E-state index in [1.807, 2.05) is 0 Å². The van der Waals surface area contributed by atoms with Crippen molar-refractivity contribution in [2.45, 2.75) is 38.3 Å². The summed E-state index contributed by atoms with van der Waals surface area (Å²) < 4.78 is 0. The smallest absolute Gasteiger partial charge is 0.0234 e. The third-order valence-corrected chi connectivity index (χ3v) is 4.59. The van der Waals surface area contributed by atoms with E-state index in [0.717, 1.165) is 18.5 Å². The SMILES string of the molecule is CN(Cc1ccccc1)C1CCCN(CC2CC2)C1. The lowest BCUT2D eigenvalue weighted by Crippen LogP contribution is -2.46. The highest BCUT2D eigenvalue weighted by atomic mass is 15.2. The van der Waals surface area contributed by atoms with E-state index in [1.165, 1.54) is 50.9 Å². The monoisotopic (exact) mass is 258 g/mol. The molecule has 2 nitrogen and oxygen atoms in total. The highest BCUT2D eigenvalue weighted by Crippen LogP contribution is 2.31. The first-order valence-corrected chi connectivity index (χ1v) is 7.78. The van der Waals surface area contributed by atoms with Crippen molar-refractivity contribution in [2.24, 2.45) is 5.92 Å². The molecule has 3 rings (SSSR count). The first kappa shape index (κ1) is 13.1. The molecule has 0 bridgehead atoms. The lowest BCUT2D eigenvalue weighted by atomic mass is 10.0. The zero-order valence-corrected chi connectivity index (χ0v) is 12.1. The minimum Gasteiger partial charge on any atom is -0.302 e. The largest absolute Gasteiger partial charge is 0.302 e. The van der Waals surface area contributed by atoms with Gasteiger partial charge in [0.25, 0.3) is 0 Å². The average Bonchev–Trinajstić information content (AvgIpc) is 3.24. The maximum absolute atomic E-state index is 2.70. The Hall–Kier alpha value is -0.860. The van der Waals surface area contributed by atoms with Crippen molar-refractivity contribution in [3.63, 3.8) is 0 Å². The Balaban J connectivity index is 1.52. The first-order chi connectivity index (χ1) is 9.31. The standard InChI is InChI=1S/C17H26N2/c1-18(12-15-6-3-2-4-7-15)17-8-5-11-19(14-17)13-16-9-10-16/h2-4,6-7,16-17H,5,8-14H2,1H3. The molecule has 104 valence electrons. The van der Waals surface area contributed by atoms with Crippen molar-refractivity contribution in [1.29, 1.82) is 0 Å². The zero-order valence-electron chi connectivity index (χ0n) is 12.1. The fraction of sp³-hybridized carbons (Fsp3) is 0.647. The lowest BCUT2D eigenvalue weighted by Gasteiger charge is -2.37. The van der Waals surface area contributed by atoms with Crippen molar-refractivity contribution in [3.8, 4) is 0 Å². The van der Waals surface area contributed by atoms with Crippen LogP contribution < -0.4 is 0 Å². The van der Waals surface area contributed by atoms with Crippen LogP contribution in [0.15, 0.2) is 30.3 Å². The van der Waals surface area contributed by atoms with Gasteiger partial charge in [-0.1, -0.05) is 30.3 Å². The Morgan fingerprint density at radius 2 is 1.95 bits per heavy atom. The minimum atomic E-state index is 0.743. The number of rotatable bonds is 5. The molecular weight excluding hydrogens is 232 g/mol. The van der Waals surface area contributed by atoms with Crippen LogP contribution in [0, 0.1) is 5.92 Å². The topological polar surface area (TPSA) is 6.48 Å². The van der Waals surface area contributed by atoms with Crippen LogP contribution in [0.1, 0.15) is 31.2 Å². The minimum absolute atomic E-state index is 0.743. The molecular formula is C17H26N2. The lowest BCUT2D eigenvalue weighted by molar-refractivity contribution is 0.108. The van der Waals surface area contributed by atoms with Gasteiger partial charge >= 0.3 is 0 Å². The van der Waals surface area contributed by atoms with E-state index in [9.17, 15) is 0 Å². The molecule has 0 spiro atoms. The van der Waals surface area contributed by atoms with Gasteiger partial charge in [-0.2, -0.15) is 0 Å². The van der Waals surface area contributed by atoms with Crippen molar-refractivity contribution < 1.29 is 0 Å². The number of hydrogen-bond acceptors (Lipinski definition) is 2.